The molecule has 0 aliphatic carbocycles. The van der Waals surface area contributed by atoms with Crippen LogP contribution in [0.2, 0.25) is 0 Å². The van der Waals surface area contributed by atoms with Gasteiger partial charge in [0, 0.05) is 27.3 Å². The lowest BCUT2D eigenvalue weighted by atomic mass is 10.3. The maximum absolute atomic E-state index is 12.9. The molecule has 0 saturated carbocycles. The summed E-state index contributed by atoms with van der Waals surface area (Å²) in [4.78, 5) is 21.1. The maximum Gasteiger partial charge on any atom is 0.421 e. The summed E-state index contributed by atoms with van der Waals surface area (Å²) in [6.07, 6.45) is -2.38. The van der Waals surface area contributed by atoms with Crippen molar-refractivity contribution in [3.8, 4) is 0 Å². The van der Waals surface area contributed by atoms with Crippen molar-refractivity contribution in [3.63, 3.8) is 0 Å². The number of nitrogens with one attached hydrogen (secondary N) is 2. The van der Waals surface area contributed by atoms with Crippen LogP contribution in [0.15, 0.2) is 12.4 Å². The molecule has 0 radical (unpaired) electrons. The summed E-state index contributed by atoms with van der Waals surface area (Å²) in [7, 11) is 4.64. The predicted molar refractivity (Wildman–Crippen MR) is 90.2 cm³/mol. The Hall–Kier alpha value is -2.85. The fourth-order valence-corrected chi connectivity index (χ4v) is 2.38. The Morgan fingerprint density at radius 2 is 1.96 bits per heavy atom. The average Bonchev–Trinajstić information content (AvgIpc) is 2.93. The molecular weight excluding hydrogens is 351 g/mol. The van der Waals surface area contributed by atoms with Gasteiger partial charge in [-0.05, 0) is 13.8 Å². The molecule has 0 bridgehead atoms. The van der Waals surface area contributed by atoms with E-state index in [-0.39, 0.29) is 17.7 Å². The van der Waals surface area contributed by atoms with E-state index in [9.17, 15) is 18.0 Å². The molecule has 2 aromatic heterocycles. The normalized spacial score (nSPS) is 12.6. The first-order valence-electron chi connectivity index (χ1n) is 7.70. The van der Waals surface area contributed by atoms with Gasteiger partial charge in [-0.25, -0.2) is 4.98 Å². The SMILES string of the molecule is CNc1nc(Nc2cnn(C(C)C(=O)N(C)C)c2C)ncc1C(F)(F)F. The van der Waals surface area contributed by atoms with Crippen LogP contribution in [-0.2, 0) is 11.0 Å². The van der Waals surface area contributed by atoms with Crippen LogP contribution in [0.5, 0.6) is 0 Å². The van der Waals surface area contributed by atoms with E-state index in [4.69, 9.17) is 0 Å². The van der Waals surface area contributed by atoms with Crippen LogP contribution in [0, 0.1) is 6.92 Å². The number of hydrogen-bond donors (Lipinski definition) is 2. The minimum absolute atomic E-state index is 0.0170. The van der Waals surface area contributed by atoms with Crippen molar-refractivity contribution in [2.45, 2.75) is 26.1 Å². The summed E-state index contributed by atoms with van der Waals surface area (Å²) in [6, 6.07) is -0.526. The molecule has 0 aliphatic heterocycles. The van der Waals surface area contributed by atoms with Gasteiger partial charge in [0.05, 0.1) is 17.6 Å². The lowest BCUT2D eigenvalue weighted by molar-refractivity contribution is -0.137. The molecule has 1 amide bonds. The zero-order chi connectivity index (χ0) is 19.6. The first-order chi connectivity index (χ1) is 12.1. The topological polar surface area (TPSA) is 88.0 Å². The highest BCUT2D eigenvalue weighted by molar-refractivity contribution is 5.79. The molecule has 142 valence electrons. The molecule has 1 unspecified atom stereocenters. The number of hydrogen-bond acceptors (Lipinski definition) is 6. The summed E-state index contributed by atoms with van der Waals surface area (Å²) in [6.45, 7) is 3.44. The van der Waals surface area contributed by atoms with E-state index in [2.05, 4.69) is 25.7 Å². The van der Waals surface area contributed by atoms with Crippen LogP contribution in [0.25, 0.3) is 0 Å². The summed E-state index contributed by atoms with van der Waals surface area (Å²) < 4.78 is 40.2. The van der Waals surface area contributed by atoms with E-state index in [0.717, 1.165) is 0 Å². The molecule has 0 aromatic carbocycles. The first kappa shape index (κ1) is 19.5. The van der Waals surface area contributed by atoms with Gasteiger partial charge in [0.2, 0.25) is 11.9 Å². The van der Waals surface area contributed by atoms with Crippen molar-refractivity contribution in [1.82, 2.24) is 24.6 Å². The summed E-state index contributed by atoms with van der Waals surface area (Å²) in [5.74, 6) is -0.487. The number of likely N-dealkylation sites (N-methyl/N-ethyl adjacent to an activating group) is 1. The molecule has 2 rings (SSSR count). The van der Waals surface area contributed by atoms with E-state index in [1.54, 1.807) is 27.9 Å². The number of anilines is 3. The molecule has 0 fully saturated rings. The average molecular weight is 371 g/mol. The molecule has 26 heavy (non-hydrogen) atoms. The number of halogens is 3. The van der Waals surface area contributed by atoms with E-state index in [1.807, 2.05) is 0 Å². The Labute approximate surface area is 148 Å². The second-order valence-electron chi connectivity index (χ2n) is 5.83. The number of rotatable bonds is 5. The molecule has 2 aromatic rings. The number of nitrogens with zero attached hydrogens (tertiary/aromatic N) is 5. The summed E-state index contributed by atoms with van der Waals surface area (Å²) >= 11 is 0. The maximum atomic E-state index is 12.9. The van der Waals surface area contributed by atoms with Crippen molar-refractivity contribution < 1.29 is 18.0 Å². The first-order valence-corrected chi connectivity index (χ1v) is 7.70. The van der Waals surface area contributed by atoms with Crippen LogP contribution >= 0.6 is 0 Å². The van der Waals surface area contributed by atoms with Crippen molar-refractivity contribution in [3.05, 3.63) is 23.7 Å². The number of carbonyl (C=O) groups excluding carboxylic acids is 1. The highest BCUT2D eigenvalue weighted by Gasteiger charge is 2.35. The molecule has 8 nitrogen and oxygen atoms in total. The van der Waals surface area contributed by atoms with Gasteiger partial charge in [-0.1, -0.05) is 0 Å². The van der Waals surface area contributed by atoms with Crippen LogP contribution in [0.3, 0.4) is 0 Å². The fraction of sp³-hybridized carbons (Fsp3) is 0.467. The lowest BCUT2D eigenvalue weighted by Gasteiger charge is -2.18. The third kappa shape index (κ3) is 3.86. The van der Waals surface area contributed by atoms with Gasteiger partial charge >= 0.3 is 6.18 Å². The predicted octanol–water partition coefficient (Wildman–Crippen LogP) is 2.43. The van der Waals surface area contributed by atoms with E-state index in [0.29, 0.717) is 17.6 Å². The molecule has 0 aliphatic rings. The second kappa shape index (κ2) is 7.18. The van der Waals surface area contributed by atoms with Crippen LogP contribution in [-0.4, -0.2) is 51.7 Å². The van der Waals surface area contributed by atoms with Crippen molar-refractivity contribution in [1.29, 1.82) is 0 Å². The highest BCUT2D eigenvalue weighted by Crippen LogP contribution is 2.34. The van der Waals surface area contributed by atoms with Gasteiger partial charge in [0.15, 0.2) is 0 Å². The van der Waals surface area contributed by atoms with Gasteiger partial charge in [-0.2, -0.15) is 23.3 Å². The number of aromatic nitrogens is 4. The van der Waals surface area contributed by atoms with Crippen molar-refractivity contribution >= 4 is 23.4 Å². The van der Waals surface area contributed by atoms with Crippen molar-refractivity contribution in [2.75, 3.05) is 31.8 Å². The Morgan fingerprint density at radius 1 is 1.31 bits per heavy atom. The number of alkyl halides is 3. The zero-order valence-electron chi connectivity index (χ0n) is 15.0. The lowest BCUT2D eigenvalue weighted by Crippen LogP contribution is -2.30. The summed E-state index contributed by atoms with van der Waals surface area (Å²) in [5, 5.41) is 9.41. The molecule has 11 heteroatoms. The second-order valence-corrected chi connectivity index (χ2v) is 5.83. The minimum atomic E-state index is -4.56. The zero-order valence-corrected chi connectivity index (χ0v) is 15.0. The minimum Gasteiger partial charge on any atom is -0.372 e. The van der Waals surface area contributed by atoms with Crippen molar-refractivity contribution in [2.24, 2.45) is 0 Å². The van der Waals surface area contributed by atoms with Gasteiger partial charge in [-0.3, -0.25) is 9.48 Å². The molecule has 1 atom stereocenters. The monoisotopic (exact) mass is 371 g/mol. The van der Waals surface area contributed by atoms with Crippen LogP contribution in [0.1, 0.15) is 24.2 Å². The molecule has 2 heterocycles. The third-order valence-corrected chi connectivity index (χ3v) is 3.79. The molecule has 2 N–H and O–H groups in total. The third-order valence-electron chi connectivity index (χ3n) is 3.79. The smallest absolute Gasteiger partial charge is 0.372 e. The van der Waals surface area contributed by atoms with Crippen LogP contribution < -0.4 is 10.6 Å². The van der Waals surface area contributed by atoms with E-state index < -0.39 is 17.8 Å². The Balaban J connectivity index is 2.29. The number of amides is 1. The van der Waals surface area contributed by atoms with E-state index >= 15 is 0 Å². The Bertz CT molecular complexity index is 801. The summed E-state index contributed by atoms with van der Waals surface area (Å²) in [5.41, 5.74) is 0.163. The van der Waals surface area contributed by atoms with E-state index in [1.165, 1.54) is 22.8 Å². The number of carbonyl (C=O) groups is 1. The largest absolute Gasteiger partial charge is 0.421 e. The highest BCUT2D eigenvalue weighted by atomic mass is 19.4. The van der Waals surface area contributed by atoms with Gasteiger partial charge in [0.25, 0.3) is 0 Å². The fourth-order valence-electron chi connectivity index (χ4n) is 2.38. The molecular formula is C15H20F3N7O. The van der Waals surface area contributed by atoms with Gasteiger partial charge < -0.3 is 15.5 Å². The van der Waals surface area contributed by atoms with Gasteiger partial charge in [-0.15, -0.1) is 0 Å². The Kier molecular flexibility index (Phi) is 5.38. The van der Waals surface area contributed by atoms with Crippen LogP contribution in [0.4, 0.5) is 30.6 Å². The Morgan fingerprint density at radius 3 is 2.50 bits per heavy atom. The quantitative estimate of drug-likeness (QED) is 0.839. The van der Waals surface area contributed by atoms with Gasteiger partial charge in [0.1, 0.15) is 17.4 Å². The standard InChI is InChI=1S/C15H20F3N7O/c1-8-11(7-21-25(8)9(2)13(26)24(4)5)22-14-20-6-10(15(16,17)18)12(19-3)23-14/h6-7,9H,1-5H3,(H2,19,20,22,23). The molecule has 0 saturated heterocycles. The molecule has 0 spiro atoms.